The number of hydrogen-bond donors (Lipinski definition) is 2. The number of nitrogens with zero attached hydrogens (tertiary/aromatic N) is 1. The van der Waals surface area contributed by atoms with Gasteiger partial charge in [0.2, 0.25) is 0 Å². The normalized spacial score (nSPS) is 25.0. The van der Waals surface area contributed by atoms with Crippen LogP contribution in [0, 0.1) is 24.2 Å². The van der Waals surface area contributed by atoms with E-state index in [-0.39, 0.29) is 30.5 Å². The summed E-state index contributed by atoms with van der Waals surface area (Å²) in [6, 6.07) is 15.2. The molecule has 0 bridgehead atoms. The van der Waals surface area contributed by atoms with Gasteiger partial charge in [0.15, 0.2) is 5.78 Å². The Morgan fingerprint density at radius 3 is 2.31 bits per heavy atom. The average molecular weight is 716 g/mol. The van der Waals surface area contributed by atoms with Gasteiger partial charge in [0.25, 0.3) is 0 Å². The lowest BCUT2D eigenvalue weighted by atomic mass is 9.73. The number of aromatic nitrogens is 1. The Labute approximate surface area is 304 Å². The van der Waals surface area contributed by atoms with Crippen LogP contribution in [0.2, 0.25) is 0 Å². The highest BCUT2D eigenvalue weighted by Crippen LogP contribution is 2.33. The van der Waals surface area contributed by atoms with Crippen molar-refractivity contribution in [3.63, 3.8) is 0 Å². The van der Waals surface area contributed by atoms with E-state index in [2.05, 4.69) is 4.98 Å². The summed E-state index contributed by atoms with van der Waals surface area (Å²) in [6.45, 7) is 10.5. The van der Waals surface area contributed by atoms with E-state index >= 15 is 0 Å². The molecule has 0 saturated heterocycles. The largest absolute Gasteiger partial charge is 0.458 e. The monoisotopic (exact) mass is 715 g/mol. The molecular weight excluding hydrogens is 667 g/mol. The lowest BCUT2D eigenvalue weighted by Crippen LogP contribution is -2.45. The van der Waals surface area contributed by atoms with Crippen molar-refractivity contribution in [3.05, 3.63) is 105 Å². The highest BCUT2D eigenvalue weighted by atomic mass is 32.1. The minimum atomic E-state index is -1.32. The third-order valence-corrected chi connectivity index (χ3v) is 10.5. The van der Waals surface area contributed by atoms with Gasteiger partial charge in [-0.15, -0.1) is 11.3 Å². The first-order valence-electron chi connectivity index (χ1n) is 17.4. The quantitative estimate of drug-likeness (QED) is 0.146. The van der Waals surface area contributed by atoms with Gasteiger partial charge in [-0.05, 0) is 68.4 Å². The number of hydrogen-bond acceptors (Lipinski definition) is 10. The first-order valence-corrected chi connectivity index (χ1v) is 18.3. The van der Waals surface area contributed by atoms with Crippen molar-refractivity contribution in [2.75, 3.05) is 6.61 Å². The molecule has 2 heterocycles. The number of benzene rings is 2. The molecule has 1 aliphatic rings. The molecule has 2 aromatic carbocycles. The van der Waals surface area contributed by atoms with Gasteiger partial charge in [-0.25, -0.2) is 9.78 Å². The molecule has 0 aliphatic carbocycles. The number of cyclic esters (lactones) is 1. The second kappa shape index (κ2) is 17.8. The van der Waals surface area contributed by atoms with E-state index in [1.165, 1.54) is 11.3 Å². The SMILES string of the molecule is C/C(=C\c1csc(C)n1)[C@@H]1C/C=C(/COC(=O)c2ccc(C(=O)c3ccccc3)cc2)CCC[C@H](C)[C@H](O)[C@@H](C)C(=O)C(C)(C)[C@@H](O)CC(=O)O1. The third kappa shape index (κ3) is 10.6. The zero-order chi connectivity index (χ0) is 37.3. The molecule has 9 nitrogen and oxygen atoms in total. The third-order valence-electron chi connectivity index (χ3n) is 9.72. The fourth-order valence-corrected chi connectivity index (χ4v) is 6.77. The van der Waals surface area contributed by atoms with Crippen LogP contribution >= 0.6 is 11.3 Å². The molecular formula is C41H49NO8S. The van der Waals surface area contributed by atoms with E-state index in [0.717, 1.165) is 21.8 Å². The second-order valence-electron chi connectivity index (χ2n) is 14.1. The fraction of sp³-hybridized carbons (Fsp3) is 0.439. The van der Waals surface area contributed by atoms with Crippen LogP contribution in [0.5, 0.6) is 0 Å². The van der Waals surface area contributed by atoms with Gasteiger partial charge in [-0.2, -0.15) is 0 Å². The molecule has 1 aromatic heterocycles. The summed E-state index contributed by atoms with van der Waals surface area (Å²) in [7, 11) is 0. The number of carbonyl (C=O) groups excluding carboxylic acids is 4. The van der Waals surface area contributed by atoms with Crippen molar-refractivity contribution in [1.29, 1.82) is 0 Å². The van der Waals surface area contributed by atoms with E-state index in [1.54, 1.807) is 69.3 Å². The molecule has 3 aromatic rings. The molecule has 10 heteroatoms. The molecule has 1 aliphatic heterocycles. The number of ether oxygens (including phenoxy) is 2. The molecule has 0 spiro atoms. The average Bonchev–Trinajstić information content (AvgIpc) is 3.53. The molecule has 0 unspecified atom stereocenters. The van der Waals surface area contributed by atoms with Crippen LogP contribution in [-0.2, 0) is 19.1 Å². The van der Waals surface area contributed by atoms with Crippen molar-refractivity contribution in [2.45, 2.75) is 92.0 Å². The van der Waals surface area contributed by atoms with E-state index in [4.69, 9.17) is 9.47 Å². The van der Waals surface area contributed by atoms with Gasteiger partial charge in [0, 0.05) is 28.8 Å². The maximum atomic E-state index is 13.5. The summed E-state index contributed by atoms with van der Waals surface area (Å²) in [5, 5.41) is 25.0. The number of esters is 2. The van der Waals surface area contributed by atoms with Gasteiger partial charge in [-0.3, -0.25) is 14.4 Å². The van der Waals surface area contributed by atoms with Gasteiger partial charge in [0.1, 0.15) is 18.5 Å². The van der Waals surface area contributed by atoms with E-state index in [0.29, 0.717) is 36.0 Å². The first-order chi connectivity index (χ1) is 24.2. The summed E-state index contributed by atoms with van der Waals surface area (Å²) >= 11 is 1.51. The molecule has 0 saturated carbocycles. The number of thiazole rings is 1. The number of aliphatic hydroxyl groups is 2. The highest BCUT2D eigenvalue weighted by molar-refractivity contribution is 7.09. The lowest BCUT2D eigenvalue weighted by molar-refractivity contribution is -0.154. The van der Waals surface area contributed by atoms with Crippen LogP contribution in [0.25, 0.3) is 6.08 Å². The van der Waals surface area contributed by atoms with Crippen molar-refractivity contribution in [1.82, 2.24) is 4.98 Å². The van der Waals surface area contributed by atoms with E-state index in [9.17, 15) is 29.4 Å². The second-order valence-corrected chi connectivity index (χ2v) is 15.1. The predicted octanol–water partition coefficient (Wildman–Crippen LogP) is 7.33. The van der Waals surface area contributed by atoms with Crippen LogP contribution in [0.4, 0.5) is 0 Å². The van der Waals surface area contributed by atoms with E-state index in [1.807, 2.05) is 44.4 Å². The number of aliphatic hydroxyl groups excluding tert-OH is 2. The summed E-state index contributed by atoms with van der Waals surface area (Å²) < 4.78 is 11.7. The maximum absolute atomic E-state index is 13.5. The Morgan fingerprint density at radius 2 is 1.67 bits per heavy atom. The molecule has 4 rings (SSSR count). The first kappa shape index (κ1) is 39.5. The zero-order valence-electron chi connectivity index (χ0n) is 30.3. The van der Waals surface area contributed by atoms with Crippen LogP contribution in [0.15, 0.2) is 77.2 Å². The summed E-state index contributed by atoms with van der Waals surface area (Å²) in [5.74, 6) is -2.68. The van der Waals surface area contributed by atoms with Crippen LogP contribution in [0.1, 0.15) is 104 Å². The number of ketones is 2. The zero-order valence-corrected chi connectivity index (χ0v) is 31.1. The summed E-state index contributed by atoms with van der Waals surface area (Å²) in [5.41, 5.74) is 2.30. The lowest BCUT2D eigenvalue weighted by Gasteiger charge is -2.34. The molecule has 272 valence electrons. The number of aryl methyl sites for hydroxylation is 1. The van der Waals surface area contributed by atoms with Crippen LogP contribution in [0.3, 0.4) is 0 Å². The van der Waals surface area contributed by atoms with Crippen molar-refractivity contribution in [3.8, 4) is 0 Å². The van der Waals surface area contributed by atoms with Crippen molar-refractivity contribution in [2.24, 2.45) is 17.3 Å². The molecule has 0 amide bonds. The standard InChI is InChI=1S/C41H49NO8S/c1-25-11-10-12-29(23-49-40(48)32-18-16-31(17-19-32)38(46)30-13-8-7-9-14-30)15-20-34(26(2)21-33-24-51-28(4)42-33)50-36(44)22-35(43)41(5,6)39(47)27(3)37(25)45/h7-9,13-19,21,24-25,27,34-35,37,43,45H,10-12,20,22-23H2,1-6H3/b26-21+,29-15+/t25-,27+,34-,35-,37-/m0/s1. The molecule has 5 atom stereocenters. The Kier molecular flexibility index (Phi) is 13.8. The molecule has 0 fully saturated rings. The molecule has 0 radical (unpaired) electrons. The summed E-state index contributed by atoms with van der Waals surface area (Å²) in [4.78, 5) is 57.2. The minimum absolute atomic E-state index is 0.0169. The van der Waals surface area contributed by atoms with Crippen LogP contribution < -0.4 is 0 Å². The number of rotatable bonds is 7. The number of Topliss-reactive ketones (excluding diaryl/α,β-unsaturated/α-hetero) is 1. The minimum Gasteiger partial charge on any atom is -0.458 e. The van der Waals surface area contributed by atoms with Crippen molar-refractivity contribution < 1.29 is 38.9 Å². The molecule has 51 heavy (non-hydrogen) atoms. The smallest absolute Gasteiger partial charge is 0.338 e. The van der Waals surface area contributed by atoms with E-state index < -0.39 is 48.0 Å². The topological polar surface area (TPSA) is 140 Å². The number of carbonyl (C=O) groups is 4. The molecule has 2 N–H and O–H groups in total. The Hall–Kier alpha value is -4.25. The predicted molar refractivity (Wildman–Crippen MR) is 197 cm³/mol. The Balaban J connectivity index is 1.57. The summed E-state index contributed by atoms with van der Waals surface area (Å²) in [6.07, 6.45) is 2.44. The maximum Gasteiger partial charge on any atom is 0.338 e. The van der Waals surface area contributed by atoms with Gasteiger partial charge < -0.3 is 19.7 Å². The van der Waals surface area contributed by atoms with Gasteiger partial charge in [-0.1, -0.05) is 76.2 Å². The van der Waals surface area contributed by atoms with Gasteiger partial charge in [0.05, 0.1) is 40.3 Å². The van der Waals surface area contributed by atoms with Gasteiger partial charge >= 0.3 is 11.9 Å². The Morgan fingerprint density at radius 1 is 1.02 bits per heavy atom. The Bertz CT molecular complexity index is 1740. The van der Waals surface area contributed by atoms with Crippen molar-refractivity contribution >= 4 is 40.9 Å². The highest BCUT2D eigenvalue weighted by Gasteiger charge is 2.42. The fourth-order valence-electron chi connectivity index (χ4n) is 6.20. The van der Waals surface area contributed by atoms with Crippen LogP contribution in [-0.4, -0.2) is 63.6 Å².